The van der Waals surface area contributed by atoms with E-state index < -0.39 is 0 Å². The highest BCUT2D eigenvalue weighted by atomic mass is 32.1. The van der Waals surface area contributed by atoms with Crippen LogP contribution in [0, 0.1) is 18.3 Å². The molecule has 2 aromatic rings. The number of carbonyl (C=O) groups excluding carboxylic acids is 1. The van der Waals surface area contributed by atoms with Crippen molar-refractivity contribution >= 4 is 33.1 Å². The van der Waals surface area contributed by atoms with E-state index in [-0.39, 0.29) is 5.91 Å². The van der Waals surface area contributed by atoms with Gasteiger partial charge in [0.1, 0.15) is 9.71 Å². The lowest BCUT2D eigenvalue weighted by atomic mass is 10.2. The van der Waals surface area contributed by atoms with Crippen molar-refractivity contribution in [3.05, 3.63) is 23.2 Å². The molecule has 0 unspecified atom stereocenters. The second kappa shape index (κ2) is 5.14. The average Bonchev–Trinajstić information content (AvgIpc) is 3.21. The maximum Gasteiger partial charge on any atom is 0.266 e. The molecule has 2 N–H and O–H groups in total. The molecular formula is C15H15N3OS. The van der Waals surface area contributed by atoms with Crippen LogP contribution in [0.1, 0.15) is 22.5 Å². The molecule has 0 saturated heterocycles. The maximum absolute atomic E-state index is 12.6. The molecule has 0 aromatic carbocycles. The molecule has 2 heterocycles. The zero-order valence-corrected chi connectivity index (χ0v) is 11.8. The minimum atomic E-state index is -0.0737. The van der Waals surface area contributed by atoms with Crippen LogP contribution in [0.3, 0.4) is 0 Å². The first-order valence-corrected chi connectivity index (χ1v) is 7.38. The summed E-state index contributed by atoms with van der Waals surface area (Å²) in [5.74, 6) is 3.08. The van der Waals surface area contributed by atoms with E-state index in [1.807, 2.05) is 12.1 Å². The number of hydrogen-bond donors (Lipinski definition) is 1. The Kier molecular flexibility index (Phi) is 3.33. The van der Waals surface area contributed by atoms with Gasteiger partial charge in [0, 0.05) is 18.1 Å². The van der Waals surface area contributed by atoms with Gasteiger partial charge in [-0.3, -0.25) is 4.79 Å². The van der Waals surface area contributed by atoms with Gasteiger partial charge in [0.25, 0.3) is 5.91 Å². The molecule has 1 aliphatic carbocycles. The number of amides is 1. The quantitative estimate of drug-likeness (QED) is 0.877. The number of nitrogen functional groups attached to an aromatic ring is 1. The third kappa shape index (κ3) is 2.35. The van der Waals surface area contributed by atoms with Gasteiger partial charge >= 0.3 is 0 Å². The van der Waals surface area contributed by atoms with E-state index in [1.54, 1.807) is 11.1 Å². The number of nitrogens with two attached hydrogens (primary N) is 1. The third-order valence-corrected chi connectivity index (χ3v) is 4.56. The van der Waals surface area contributed by atoms with E-state index in [0.29, 0.717) is 23.0 Å². The van der Waals surface area contributed by atoms with Gasteiger partial charge in [-0.1, -0.05) is 5.92 Å². The molecule has 102 valence electrons. The van der Waals surface area contributed by atoms with Crippen LogP contribution < -0.4 is 5.73 Å². The molecule has 0 bridgehead atoms. The van der Waals surface area contributed by atoms with Crippen molar-refractivity contribution in [2.45, 2.75) is 12.8 Å². The van der Waals surface area contributed by atoms with Crippen LogP contribution in [0.15, 0.2) is 18.3 Å². The molecule has 5 heteroatoms. The van der Waals surface area contributed by atoms with Gasteiger partial charge in [-0.25, -0.2) is 4.98 Å². The van der Waals surface area contributed by atoms with Gasteiger partial charge in [-0.05, 0) is 30.9 Å². The van der Waals surface area contributed by atoms with Crippen molar-refractivity contribution in [3.8, 4) is 12.3 Å². The van der Waals surface area contributed by atoms with Gasteiger partial charge in [0.05, 0.1) is 12.2 Å². The van der Waals surface area contributed by atoms with Crippen LogP contribution in [0.25, 0.3) is 10.2 Å². The first-order chi connectivity index (χ1) is 9.70. The van der Waals surface area contributed by atoms with E-state index in [2.05, 4.69) is 10.9 Å². The summed E-state index contributed by atoms with van der Waals surface area (Å²) in [5.41, 5.74) is 6.61. The number of hydrogen-bond acceptors (Lipinski definition) is 4. The Morgan fingerprint density at radius 3 is 3.05 bits per heavy atom. The van der Waals surface area contributed by atoms with Crippen LogP contribution in [-0.2, 0) is 0 Å². The number of pyridine rings is 1. The Labute approximate surface area is 121 Å². The first kappa shape index (κ1) is 12.9. The fraction of sp³-hybridized carbons (Fsp3) is 0.333. The Bertz CT molecular complexity index is 697. The van der Waals surface area contributed by atoms with Crippen molar-refractivity contribution in [1.82, 2.24) is 9.88 Å². The standard InChI is InChI=1S/C15H15N3OS/c1-2-8-18(9-10-5-6-10)15(19)13-12(16)11-4-3-7-17-14(11)20-13/h1,3-4,7,10H,5-6,8-9,16H2. The van der Waals surface area contributed by atoms with E-state index in [4.69, 9.17) is 12.2 Å². The summed E-state index contributed by atoms with van der Waals surface area (Å²) >= 11 is 1.34. The lowest BCUT2D eigenvalue weighted by Gasteiger charge is -2.19. The van der Waals surface area contributed by atoms with Crippen molar-refractivity contribution in [2.24, 2.45) is 5.92 Å². The van der Waals surface area contributed by atoms with Crippen LogP contribution >= 0.6 is 11.3 Å². The van der Waals surface area contributed by atoms with Gasteiger partial charge < -0.3 is 10.6 Å². The Morgan fingerprint density at radius 2 is 2.40 bits per heavy atom. The molecule has 4 nitrogen and oxygen atoms in total. The van der Waals surface area contributed by atoms with Crippen molar-refractivity contribution < 1.29 is 4.79 Å². The van der Waals surface area contributed by atoms with Crippen LogP contribution in [0.4, 0.5) is 5.69 Å². The fourth-order valence-corrected chi connectivity index (χ4v) is 3.23. The van der Waals surface area contributed by atoms with Gasteiger partial charge in [-0.2, -0.15) is 0 Å². The van der Waals surface area contributed by atoms with Crippen molar-refractivity contribution in [1.29, 1.82) is 0 Å². The highest BCUT2D eigenvalue weighted by Gasteiger charge is 2.28. The molecule has 1 saturated carbocycles. The molecule has 0 spiro atoms. The predicted molar refractivity (Wildman–Crippen MR) is 81.5 cm³/mol. The molecule has 0 aliphatic heterocycles. The van der Waals surface area contributed by atoms with E-state index >= 15 is 0 Å². The van der Waals surface area contributed by atoms with Crippen molar-refractivity contribution in [3.63, 3.8) is 0 Å². The molecule has 1 fully saturated rings. The molecule has 3 rings (SSSR count). The minimum absolute atomic E-state index is 0.0737. The molecule has 1 amide bonds. The number of thiophene rings is 1. The summed E-state index contributed by atoms with van der Waals surface area (Å²) in [6, 6.07) is 3.71. The Balaban J connectivity index is 1.93. The van der Waals surface area contributed by atoms with Gasteiger partial charge in [0.15, 0.2) is 0 Å². The average molecular weight is 285 g/mol. The summed E-state index contributed by atoms with van der Waals surface area (Å²) in [5, 5.41) is 0.841. The predicted octanol–water partition coefficient (Wildman–Crippen LogP) is 2.36. The van der Waals surface area contributed by atoms with Crippen LogP contribution in [-0.4, -0.2) is 28.9 Å². The summed E-state index contributed by atoms with van der Waals surface area (Å²) in [4.78, 5) is 19.9. The monoisotopic (exact) mass is 285 g/mol. The number of rotatable bonds is 4. The zero-order valence-electron chi connectivity index (χ0n) is 11.0. The topological polar surface area (TPSA) is 59.2 Å². The largest absolute Gasteiger partial charge is 0.397 e. The van der Waals surface area contributed by atoms with E-state index in [9.17, 15) is 4.79 Å². The van der Waals surface area contributed by atoms with Gasteiger partial charge in [0.2, 0.25) is 0 Å². The first-order valence-electron chi connectivity index (χ1n) is 6.56. The molecule has 0 radical (unpaired) electrons. The number of nitrogens with zero attached hydrogens (tertiary/aromatic N) is 2. The highest BCUT2D eigenvalue weighted by molar-refractivity contribution is 7.21. The summed E-state index contributed by atoms with van der Waals surface area (Å²) in [7, 11) is 0. The summed E-state index contributed by atoms with van der Waals surface area (Å²) in [6.07, 6.45) is 9.43. The Hall–Kier alpha value is -2.06. The molecule has 20 heavy (non-hydrogen) atoms. The van der Waals surface area contributed by atoms with Crippen LogP contribution in [0.2, 0.25) is 0 Å². The molecule has 1 aliphatic rings. The molecule has 2 aromatic heterocycles. The fourth-order valence-electron chi connectivity index (χ4n) is 2.20. The summed E-state index contributed by atoms with van der Waals surface area (Å²) in [6.45, 7) is 1.06. The lowest BCUT2D eigenvalue weighted by molar-refractivity contribution is 0.0775. The second-order valence-electron chi connectivity index (χ2n) is 5.03. The van der Waals surface area contributed by atoms with Crippen molar-refractivity contribution in [2.75, 3.05) is 18.8 Å². The number of carbonyl (C=O) groups is 1. The second-order valence-corrected chi connectivity index (χ2v) is 6.03. The smallest absolute Gasteiger partial charge is 0.266 e. The lowest BCUT2D eigenvalue weighted by Crippen LogP contribution is -2.33. The number of anilines is 1. The number of aromatic nitrogens is 1. The summed E-state index contributed by atoms with van der Waals surface area (Å²) < 4.78 is 0. The Morgan fingerprint density at radius 1 is 1.60 bits per heavy atom. The molecular weight excluding hydrogens is 270 g/mol. The minimum Gasteiger partial charge on any atom is -0.397 e. The SMILES string of the molecule is C#CCN(CC1CC1)C(=O)c1sc2ncccc2c1N. The van der Waals surface area contributed by atoms with Gasteiger partial charge in [-0.15, -0.1) is 17.8 Å². The maximum atomic E-state index is 12.6. The highest BCUT2D eigenvalue weighted by Crippen LogP contribution is 2.34. The van der Waals surface area contributed by atoms with E-state index in [1.165, 1.54) is 24.2 Å². The number of fused-ring (bicyclic) bond motifs is 1. The normalized spacial score (nSPS) is 14.2. The molecule has 0 atom stereocenters. The zero-order chi connectivity index (χ0) is 14.1. The number of terminal acetylenes is 1. The third-order valence-electron chi connectivity index (χ3n) is 3.44. The van der Waals surface area contributed by atoms with Crippen LogP contribution in [0.5, 0.6) is 0 Å². The van der Waals surface area contributed by atoms with E-state index in [0.717, 1.165) is 16.8 Å².